The summed E-state index contributed by atoms with van der Waals surface area (Å²) in [6.45, 7) is 5.17. The average Bonchev–Trinajstić information content (AvgIpc) is 2.64. The lowest BCUT2D eigenvalue weighted by molar-refractivity contribution is -0.141. The van der Waals surface area contributed by atoms with Crippen LogP contribution in [0.2, 0.25) is 0 Å². The highest BCUT2D eigenvalue weighted by molar-refractivity contribution is 5.82. The Labute approximate surface area is 98.8 Å². The quantitative estimate of drug-likeness (QED) is 0.754. The topological polar surface area (TPSA) is 97.1 Å². The second-order valence-corrected chi connectivity index (χ2v) is 4.08. The van der Waals surface area contributed by atoms with Crippen LogP contribution >= 0.6 is 0 Å². The van der Waals surface area contributed by atoms with Crippen molar-refractivity contribution >= 4 is 11.9 Å². The third kappa shape index (κ3) is 3.86. The zero-order chi connectivity index (χ0) is 13.0. The molecule has 1 aromatic rings. The Balaban J connectivity index is 2.72. The van der Waals surface area contributed by atoms with Gasteiger partial charge >= 0.3 is 5.97 Å². The number of carboxylic acids is 1. The van der Waals surface area contributed by atoms with Crippen LogP contribution in [-0.4, -0.2) is 38.0 Å². The minimum Gasteiger partial charge on any atom is -0.480 e. The zero-order valence-electron chi connectivity index (χ0n) is 10.0. The van der Waals surface area contributed by atoms with E-state index in [9.17, 15) is 9.59 Å². The number of nitrogens with zero attached hydrogens (tertiary/aromatic N) is 3. The van der Waals surface area contributed by atoms with Crippen LogP contribution in [0.25, 0.3) is 0 Å². The van der Waals surface area contributed by atoms with Crippen molar-refractivity contribution in [1.29, 1.82) is 0 Å². The van der Waals surface area contributed by atoms with Crippen LogP contribution in [-0.2, 0) is 16.0 Å². The molecule has 1 unspecified atom stereocenters. The van der Waals surface area contributed by atoms with Crippen LogP contribution < -0.4 is 5.32 Å². The minimum absolute atomic E-state index is 0.127. The molecule has 0 bridgehead atoms. The van der Waals surface area contributed by atoms with Gasteiger partial charge in [-0.05, 0) is 13.8 Å². The molecule has 1 amide bonds. The number of carbonyl (C=O) groups excluding carboxylic acids is 1. The van der Waals surface area contributed by atoms with Gasteiger partial charge in [0, 0.05) is 25.6 Å². The van der Waals surface area contributed by atoms with Crippen LogP contribution in [0.1, 0.15) is 32.5 Å². The third-order valence-electron chi connectivity index (χ3n) is 2.18. The maximum absolute atomic E-state index is 10.9. The Morgan fingerprint density at radius 1 is 1.53 bits per heavy atom. The summed E-state index contributed by atoms with van der Waals surface area (Å²) < 4.78 is 1.64. The van der Waals surface area contributed by atoms with Crippen LogP contribution in [0.15, 0.2) is 6.20 Å². The fourth-order valence-electron chi connectivity index (χ4n) is 1.31. The van der Waals surface area contributed by atoms with Crippen LogP contribution in [0.4, 0.5) is 0 Å². The molecule has 7 heteroatoms. The summed E-state index contributed by atoms with van der Waals surface area (Å²) in [4.78, 5) is 21.8. The summed E-state index contributed by atoms with van der Waals surface area (Å²) in [5, 5.41) is 19.0. The molecule has 0 radical (unpaired) electrons. The van der Waals surface area contributed by atoms with E-state index in [4.69, 9.17) is 5.11 Å². The molecule has 0 fully saturated rings. The Morgan fingerprint density at radius 2 is 2.18 bits per heavy atom. The molecule has 1 atom stereocenters. The van der Waals surface area contributed by atoms with Crippen molar-refractivity contribution < 1.29 is 14.7 Å². The number of carbonyl (C=O) groups is 2. The predicted octanol–water partition coefficient (Wildman–Crippen LogP) is -0.00920. The second-order valence-electron chi connectivity index (χ2n) is 4.08. The van der Waals surface area contributed by atoms with Gasteiger partial charge in [0.15, 0.2) is 0 Å². The zero-order valence-corrected chi connectivity index (χ0v) is 10.0. The highest BCUT2D eigenvalue weighted by atomic mass is 16.4. The van der Waals surface area contributed by atoms with E-state index in [-0.39, 0.29) is 18.4 Å². The first kappa shape index (κ1) is 13.1. The van der Waals surface area contributed by atoms with Gasteiger partial charge < -0.3 is 10.4 Å². The maximum atomic E-state index is 10.9. The number of amides is 1. The van der Waals surface area contributed by atoms with Gasteiger partial charge in [0.1, 0.15) is 6.04 Å². The average molecular weight is 240 g/mol. The van der Waals surface area contributed by atoms with E-state index in [1.165, 1.54) is 6.92 Å². The number of hydrogen-bond acceptors (Lipinski definition) is 4. The molecule has 1 heterocycles. The molecule has 2 N–H and O–H groups in total. The number of nitrogens with one attached hydrogen (secondary N) is 1. The Kier molecular flexibility index (Phi) is 4.19. The Morgan fingerprint density at radius 3 is 2.59 bits per heavy atom. The first-order valence-corrected chi connectivity index (χ1v) is 5.30. The van der Waals surface area contributed by atoms with Gasteiger partial charge in [0.05, 0.1) is 5.69 Å². The molecule has 0 aliphatic heterocycles. The van der Waals surface area contributed by atoms with Crippen molar-refractivity contribution in [2.75, 3.05) is 0 Å². The van der Waals surface area contributed by atoms with Crippen molar-refractivity contribution in [2.24, 2.45) is 0 Å². The number of carboxylic acid groups (broad SMARTS) is 1. The molecule has 0 saturated heterocycles. The molecule has 17 heavy (non-hydrogen) atoms. The number of hydrogen-bond donors (Lipinski definition) is 2. The van der Waals surface area contributed by atoms with Crippen molar-refractivity contribution in [3.8, 4) is 0 Å². The van der Waals surface area contributed by atoms with Crippen molar-refractivity contribution in [3.05, 3.63) is 11.9 Å². The minimum atomic E-state index is -1.08. The Hall–Kier alpha value is -1.92. The molecule has 0 aromatic carbocycles. The smallest absolute Gasteiger partial charge is 0.326 e. The highest BCUT2D eigenvalue weighted by Gasteiger charge is 2.20. The summed E-state index contributed by atoms with van der Waals surface area (Å²) in [5.41, 5.74) is 0.542. The highest BCUT2D eigenvalue weighted by Crippen LogP contribution is 2.05. The van der Waals surface area contributed by atoms with E-state index in [1.807, 2.05) is 13.8 Å². The summed E-state index contributed by atoms with van der Waals surface area (Å²) in [6.07, 6.45) is 1.81. The lowest BCUT2D eigenvalue weighted by Crippen LogP contribution is -2.41. The number of aliphatic carboxylic acids is 1. The monoisotopic (exact) mass is 240 g/mol. The molecule has 0 saturated carbocycles. The van der Waals surface area contributed by atoms with Crippen LogP contribution in [0, 0.1) is 0 Å². The van der Waals surface area contributed by atoms with Crippen molar-refractivity contribution in [2.45, 2.75) is 39.3 Å². The molecule has 7 nitrogen and oxygen atoms in total. The van der Waals surface area contributed by atoms with Crippen LogP contribution in [0.3, 0.4) is 0 Å². The van der Waals surface area contributed by atoms with Gasteiger partial charge in [-0.3, -0.25) is 4.79 Å². The summed E-state index contributed by atoms with van der Waals surface area (Å²) >= 11 is 0. The van der Waals surface area contributed by atoms with E-state index in [1.54, 1.807) is 10.9 Å². The molecular formula is C10H16N4O3. The van der Waals surface area contributed by atoms with Crippen molar-refractivity contribution in [3.63, 3.8) is 0 Å². The molecule has 1 rings (SSSR count). The molecule has 94 valence electrons. The predicted molar refractivity (Wildman–Crippen MR) is 59.4 cm³/mol. The lowest BCUT2D eigenvalue weighted by Gasteiger charge is -2.10. The van der Waals surface area contributed by atoms with Gasteiger partial charge in [-0.2, -0.15) is 0 Å². The van der Waals surface area contributed by atoms with Gasteiger partial charge in [0.2, 0.25) is 5.91 Å². The fourth-order valence-corrected chi connectivity index (χ4v) is 1.31. The molecule has 0 spiro atoms. The SMILES string of the molecule is CC(=O)NC(Cc1cn(C(C)C)nn1)C(=O)O. The Bertz CT molecular complexity index is 413. The normalized spacial score (nSPS) is 12.5. The van der Waals surface area contributed by atoms with E-state index in [0.717, 1.165) is 0 Å². The fraction of sp³-hybridized carbons (Fsp3) is 0.600. The lowest BCUT2D eigenvalue weighted by atomic mass is 10.1. The molecule has 1 aromatic heterocycles. The largest absolute Gasteiger partial charge is 0.480 e. The van der Waals surface area contributed by atoms with E-state index in [2.05, 4.69) is 15.6 Å². The molecular weight excluding hydrogens is 224 g/mol. The number of aromatic nitrogens is 3. The summed E-state index contributed by atoms with van der Waals surface area (Å²) in [6, 6.07) is -0.801. The molecule has 0 aliphatic rings. The first-order chi connectivity index (χ1) is 7.90. The summed E-state index contributed by atoms with van der Waals surface area (Å²) in [7, 11) is 0. The van der Waals surface area contributed by atoms with Crippen molar-refractivity contribution in [1.82, 2.24) is 20.3 Å². The standard InChI is InChI=1S/C10H16N4O3/c1-6(2)14-5-8(12-13-14)4-9(10(16)17)11-7(3)15/h5-6,9H,4H2,1-3H3,(H,11,15)(H,16,17). The van der Waals surface area contributed by atoms with Gasteiger partial charge in [-0.1, -0.05) is 5.21 Å². The summed E-state index contributed by atoms with van der Waals surface area (Å²) in [5.74, 6) is -1.46. The molecule has 0 aliphatic carbocycles. The van der Waals surface area contributed by atoms with E-state index < -0.39 is 12.0 Å². The number of rotatable bonds is 5. The second kappa shape index (κ2) is 5.42. The van der Waals surface area contributed by atoms with Crippen LogP contribution in [0.5, 0.6) is 0 Å². The van der Waals surface area contributed by atoms with E-state index in [0.29, 0.717) is 5.69 Å². The van der Waals surface area contributed by atoms with Gasteiger partial charge in [-0.15, -0.1) is 5.10 Å². The van der Waals surface area contributed by atoms with E-state index >= 15 is 0 Å². The van der Waals surface area contributed by atoms with Gasteiger partial charge in [-0.25, -0.2) is 9.48 Å². The maximum Gasteiger partial charge on any atom is 0.326 e. The third-order valence-corrected chi connectivity index (χ3v) is 2.18. The van der Waals surface area contributed by atoms with Gasteiger partial charge in [0.25, 0.3) is 0 Å². The first-order valence-electron chi connectivity index (χ1n) is 5.30.